The van der Waals surface area contributed by atoms with Crippen molar-refractivity contribution in [3.05, 3.63) is 44.6 Å². The van der Waals surface area contributed by atoms with Gasteiger partial charge < -0.3 is 10.1 Å². The van der Waals surface area contributed by atoms with Crippen molar-refractivity contribution in [2.24, 2.45) is 0 Å². The second-order valence-electron chi connectivity index (χ2n) is 4.46. The average Bonchev–Trinajstić information content (AvgIpc) is 2.38. The average molecular weight is 327 g/mol. The highest BCUT2D eigenvalue weighted by atomic mass is 79.9. The third-order valence-electron chi connectivity index (χ3n) is 3.03. The van der Waals surface area contributed by atoms with Crippen molar-refractivity contribution in [1.29, 1.82) is 0 Å². The molecule has 0 saturated heterocycles. The van der Waals surface area contributed by atoms with Gasteiger partial charge in [0.25, 0.3) is 5.69 Å². The molecule has 1 N–H and O–H groups in total. The van der Waals surface area contributed by atoms with Gasteiger partial charge in [0.05, 0.1) is 23.4 Å². The fraction of sp³-hybridized carbons (Fsp3) is 0.385. The Morgan fingerprint density at radius 1 is 1.58 bits per heavy atom. The van der Waals surface area contributed by atoms with Crippen molar-refractivity contribution in [3.63, 3.8) is 0 Å². The normalized spacial score (nSPS) is 17.9. The molecule has 0 amide bonds. The number of nitro groups is 1. The van der Waals surface area contributed by atoms with Crippen molar-refractivity contribution >= 4 is 27.3 Å². The van der Waals surface area contributed by atoms with Crippen LogP contribution in [0.4, 0.5) is 11.4 Å². The van der Waals surface area contributed by atoms with E-state index < -0.39 is 0 Å². The Hall–Kier alpha value is -1.56. The summed E-state index contributed by atoms with van der Waals surface area (Å²) in [6, 6.07) is 3.31. The summed E-state index contributed by atoms with van der Waals surface area (Å²) in [5.74, 6) is 0. The number of allylic oxidation sites excluding steroid dienone is 1. The second kappa shape index (κ2) is 6.06. The van der Waals surface area contributed by atoms with Crippen molar-refractivity contribution < 1.29 is 9.66 Å². The molecule has 1 aliphatic rings. The van der Waals surface area contributed by atoms with Crippen LogP contribution in [0.15, 0.2) is 28.9 Å². The molecule has 1 heterocycles. The molecule has 0 fully saturated rings. The topological polar surface area (TPSA) is 64.4 Å². The molecule has 19 heavy (non-hydrogen) atoms. The van der Waals surface area contributed by atoms with Crippen LogP contribution in [0.1, 0.15) is 18.4 Å². The number of ether oxygens (including phenoxy) is 1. The van der Waals surface area contributed by atoms with Crippen molar-refractivity contribution in [3.8, 4) is 0 Å². The summed E-state index contributed by atoms with van der Waals surface area (Å²) in [7, 11) is 0. The van der Waals surface area contributed by atoms with Gasteiger partial charge in [-0.25, -0.2) is 0 Å². The third-order valence-corrected chi connectivity index (χ3v) is 3.68. The number of aryl methyl sites for hydroxylation is 1. The lowest BCUT2D eigenvalue weighted by molar-refractivity contribution is -0.385. The minimum absolute atomic E-state index is 0.109. The molecule has 0 aromatic heterocycles. The number of hydrogen-bond acceptors (Lipinski definition) is 4. The van der Waals surface area contributed by atoms with Crippen LogP contribution in [0.3, 0.4) is 0 Å². The molecule has 0 saturated carbocycles. The molecule has 0 aliphatic carbocycles. The maximum atomic E-state index is 10.9. The first-order valence-corrected chi connectivity index (χ1v) is 6.86. The van der Waals surface area contributed by atoms with Gasteiger partial charge in [-0.05, 0) is 47.8 Å². The lowest BCUT2D eigenvalue weighted by Crippen LogP contribution is -2.23. The Morgan fingerprint density at radius 2 is 2.37 bits per heavy atom. The third kappa shape index (κ3) is 3.47. The zero-order valence-corrected chi connectivity index (χ0v) is 12.1. The molecule has 2 rings (SSSR count). The standard InChI is InChI=1S/C13H15BrN2O3/c1-9-6-11(14)12(7-13(9)16(17)18)15-8-10-4-2-3-5-19-10/h3,5-7,10,15H,2,4,8H2,1H3. The van der Waals surface area contributed by atoms with E-state index in [1.165, 1.54) is 0 Å². The van der Waals surface area contributed by atoms with Crippen molar-refractivity contribution in [2.45, 2.75) is 25.9 Å². The summed E-state index contributed by atoms with van der Waals surface area (Å²) in [5, 5.41) is 14.1. The molecular weight excluding hydrogens is 312 g/mol. The first kappa shape index (κ1) is 13.9. The van der Waals surface area contributed by atoms with E-state index in [1.807, 2.05) is 6.08 Å². The number of nitrogens with zero attached hydrogens (tertiary/aromatic N) is 1. The van der Waals surface area contributed by atoms with Gasteiger partial charge in [0.2, 0.25) is 0 Å². The number of nitrogens with one attached hydrogen (secondary N) is 1. The minimum atomic E-state index is -0.368. The maximum absolute atomic E-state index is 10.9. The van der Waals surface area contributed by atoms with Gasteiger partial charge in [-0.15, -0.1) is 0 Å². The quantitative estimate of drug-likeness (QED) is 0.675. The second-order valence-corrected chi connectivity index (χ2v) is 5.32. The van der Waals surface area contributed by atoms with E-state index in [-0.39, 0.29) is 16.7 Å². The van der Waals surface area contributed by atoms with E-state index in [9.17, 15) is 10.1 Å². The molecule has 0 bridgehead atoms. The first-order chi connectivity index (χ1) is 9.08. The highest BCUT2D eigenvalue weighted by Gasteiger charge is 2.16. The van der Waals surface area contributed by atoms with Gasteiger partial charge in [-0.3, -0.25) is 10.1 Å². The summed E-state index contributed by atoms with van der Waals surface area (Å²) in [6.07, 6.45) is 5.76. The van der Waals surface area contributed by atoms with Gasteiger partial charge in [0, 0.05) is 16.1 Å². The lowest BCUT2D eigenvalue weighted by atomic mass is 10.1. The maximum Gasteiger partial charge on any atom is 0.274 e. The van der Waals surface area contributed by atoms with Crippen LogP contribution in [0.2, 0.25) is 0 Å². The number of hydrogen-bond donors (Lipinski definition) is 1. The highest BCUT2D eigenvalue weighted by molar-refractivity contribution is 9.10. The molecule has 1 unspecified atom stereocenters. The molecule has 0 radical (unpaired) electrons. The summed E-state index contributed by atoms with van der Waals surface area (Å²) in [5.41, 5.74) is 1.48. The van der Waals surface area contributed by atoms with Crippen LogP contribution in [-0.4, -0.2) is 17.6 Å². The van der Waals surface area contributed by atoms with Crippen molar-refractivity contribution in [1.82, 2.24) is 0 Å². The van der Waals surface area contributed by atoms with E-state index in [4.69, 9.17) is 4.74 Å². The number of anilines is 1. The van der Waals surface area contributed by atoms with E-state index in [0.29, 0.717) is 12.1 Å². The molecule has 0 spiro atoms. The van der Waals surface area contributed by atoms with Gasteiger partial charge in [0.1, 0.15) is 6.10 Å². The van der Waals surface area contributed by atoms with E-state index >= 15 is 0 Å². The number of nitro benzene ring substituents is 1. The van der Waals surface area contributed by atoms with E-state index in [0.717, 1.165) is 23.0 Å². The Morgan fingerprint density at radius 3 is 3.00 bits per heavy atom. The first-order valence-electron chi connectivity index (χ1n) is 6.07. The van der Waals surface area contributed by atoms with Crippen LogP contribution in [-0.2, 0) is 4.74 Å². The molecule has 1 aliphatic heterocycles. The van der Waals surface area contributed by atoms with E-state index in [2.05, 4.69) is 21.2 Å². The zero-order chi connectivity index (χ0) is 13.8. The smallest absolute Gasteiger partial charge is 0.274 e. The number of benzene rings is 1. The van der Waals surface area contributed by atoms with Gasteiger partial charge in [-0.1, -0.05) is 0 Å². The summed E-state index contributed by atoms with van der Waals surface area (Å²) >= 11 is 3.42. The van der Waals surface area contributed by atoms with Crippen LogP contribution >= 0.6 is 15.9 Å². The predicted octanol–water partition coefficient (Wildman–Crippen LogP) is 3.77. The number of halogens is 1. The Labute approximate surface area is 119 Å². The van der Waals surface area contributed by atoms with Gasteiger partial charge >= 0.3 is 0 Å². The Balaban J connectivity index is 2.09. The minimum Gasteiger partial charge on any atom is -0.497 e. The summed E-state index contributed by atoms with van der Waals surface area (Å²) in [4.78, 5) is 10.6. The Bertz CT molecular complexity index is 517. The van der Waals surface area contributed by atoms with Crippen LogP contribution < -0.4 is 5.32 Å². The molecular formula is C13H15BrN2O3. The Kier molecular flexibility index (Phi) is 4.42. The van der Waals surface area contributed by atoms with Crippen LogP contribution in [0.5, 0.6) is 0 Å². The van der Waals surface area contributed by atoms with Crippen molar-refractivity contribution in [2.75, 3.05) is 11.9 Å². The summed E-state index contributed by atoms with van der Waals surface area (Å²) in [6.45, 7) is 2.35. The zero-order valence-electron chi connectivity index (χ0n) is 10.6. The van der Waals surface area contributed by atoms with E-state index in [1.54, 1.807) is 25.3 Å². The largest absolute Gasteiger partial charge is 0.497 e. The monoisotopic (exact) mass is 326 g/mol. The molecule has 6 heteroatoms. The molecule has 1 aromatic carbocycles. The summed E-state index contributed by atoms with van der Waals surface area (Å²) < 4.78 is 6.27. The lowest BCUT2D eigenvalue weighted by Gasteiger charge is -2.20. The van der Waals surface area contributed by atoms with Crippen LogP contribution in [0, 0.1) is 17.0 Å². The van der Waals surface area contributed by atoms with Gasteiger partial charge in [0.15, 0.2) is 0 Å². The fourth-order valence-electron chi connectivity index (χ4n) is 1.95. The fourth-order valence-corrected chi connectivity index (χ4v) is 2.55. The molecule has 5 nitrogen and oxygen atoms in total. The van der Waals surface area contributed by atoms with Gasteiger partial charge in [-0.2, -0.15) is 0 Å². The molecule has 102 valence electrons. The molecule has 1 aromatic rings. The SMILES string of the molecule is Cc1cc(Br)c(NCC2CCC=CO2)cc1[N+](=O)[O-]. The highest BCUT2D eigenvalue weighted by Crippen LogP contribution is 2.30. The molecule has 1 atom stereocenters. The van der Waals surface area contributed by atoms with Crippen LogP contribution in [0.25, 0.3) is 0 Å². The number of rotatable bonds is 4. The predicted molar refractivity (Wildman–Crippen MR) is 77.3 cm³/mol.